The summed E-state index contributed by atoms with van der Waals surface area (Å²) in [7, 11) is 1.31. The molecular weight excluding hydrogens is 308 g/mol. The number of piperidine rings is 1. The van der Waals surface area contributed by atoms with Gasteiger partial charge in [0.2, 0.25) is 0 Å². The monoisotopic (exact) mass is 327 g/mol. The molecule has 2 N–H and O–H groups in total. The van der Waals surface area contributed by atoms with Gasteiger partial charge in [-0.15, -0.1) is 0 Å². The Morgan fingerprint density at radius 3 is 2.87 bits per heavy atom. The highest BCUT2D eigenvalue weighted by Gasteiger charge is 2.25. The molecule has 0 aromatic heterocycles. The number of anilines is 1. The van der Waals surface area contributed by atoms with Gasteiger partial charge in [-0.25, -0.2) is 18.4 Å². The van der Waals surface area contributed by atoms with Gasteiger partial charge >= 0.3 is 12.1 Å². The lowest BCUT2D eigenvalue weighted by Gasteiger charge is -2.32. The number of nitrogens with zero attached hydrogens (tertiary/aromatic N) is 1. The summed E-state index contributed by atoms with van der Waals surface area (Å²) in [5, 5.41) is 5.26. The smallest absolute Gasteiger partial charge is 0.409 e. The molecule has 6 nitrogen and oxygen atoms in total. The molecule has 1 aromatic rings. The highest BCUT2D eigenvalue weighted by molar-refractivity contribution is 5.89. The molecule has 2 rings (SSSR count). The number of carbonyl (C=O) groups excluding carboxylic acids is 2. The minimum Gasteiger partial charge on any atom is -0.453 e. The van der Waals surface area contributed by atoms with Crippen molar-refractivity contribution in [3.05, 3.63) is 29.8 Å². The lowest BCUT2D eigenvalue weighted by atomic mass is 10.1. The number of methoxy groups -OCH3 is 1. The second-order valence-electron chi connectivity index (χ2n) is 5.28. The largest absolute Gasteiger partial charge is 0.453 e. The normalized spacial score (nSPS) is 17.7. The lowest BCUT2D eigenvalue weighted by molar-refractivity contribution is 0.108. The lowest BCUT2D eigenvalue weighted by Crippen LogP contribution is -2.50. The van der Waals surface area contributed by atoms with E-state index in [1.54, 1.807) is 0 Å². The Bertz CT molecular complexity index is 569. The molecule has 0 spiro atoms. The van der Waals surface area contributed by atoms with E-state index in [0.717, 1.165) is 12.8 Å². The van der Waals surface area contributed by atoms with Gasteiger partial charge in [0.15, 0.2) is 0 Å². The molecule has 0 aliphatic carbocycles. The minimum atomic E-state index is -2.59. The summed E-state index contributed by atoms with van der Waals surface area (Å²) in [6.45, 7) is 0.945. The van der Waals surface area contributed by atoms with Crippen molar-refractivity contribution in [1.82, 2.24) is 10.2 Å². The van der Waals surface area contributed by atoms with Crippen molar-refractivity contribution in [1.29, 1.82) is 0 Å². The van der Waals surface area contributed by atoms with Crippen LogP contribution in [-0.4, -0.2) is 43.3 Å². The molecule has 1 heterocycles. The number of alkyl halides is 2. The molecule has 0 radical (unpaired) electrons. The zero-order chi connectivity index (χ0) is 16.8. The quantitative estimate of drug-likeness (QED) is 0.896. The maximum absolute atomic E-state index is 12.6. The standard InChI is InChI=1S/C15H19F2N3O3/c1-23-15(22)20-7-3-6-12(9-20)19-14(21)18-11-5-2-4-10(8-11)13(16)17/h2,4-5,8,12-13H,3,6-7,9H2,1H3,(H2,18,19,21). The van der Waals surface area contributed by atoms with Crippen LogP contribution in [0.15, 0.2) is 24.3 Å². The van der Waals surface area contributed by atoms with Gasteiger partial charge in [-0.1, -0.05) is 12.1 Å². The van der Waals surface area contributed by atoms with Gasteiger partial charge in [-0.05, 0) is 25.0 Å². The second kappa shape index (κ2) is 7.75. The number of likely N-dealkylation sites (tertiary alicyclic amines) is 1. The fraction of sp³-hybridized carbons (Fsp3) is 0.467. The molecule has 126 valence electrons. The van der Waals surface area contributed by atoms with E-state index in [0.29, 0.717) is 18.8 Å². The highest BCUT2D eigenvalue weighted by atomic mass is 19.3. The maximum atomic E-state index is 12.6. The van der Waals surface area contributed by atoms with E-state index in [4.69, 9.17) is 0 Å². The van der Waals surface area contributed by atoms with Crippen LogP contribution in [0, 0.1) is 0 Å². The molecule has 1 aliphatic heterocycles. The van der Waals surface area contributed by atoms with E-state index in [2.05, 4.69) is 15.4 Å². The van der Waals surface area contributed by atoms with Crippen LogP contribution in [0.25, 0.3) is 0 Å². The predicted molar refractivity (Wildman–Crippen MR) is 80.6 cm³/mol. The number of carbonyl (C=O) groups is 2. The molecule has 8 heteroatoms. The van der Waals surface area contributed by atoms with Crippen molar-refractivity contribution in [2.75, 3.05) is 25.5 Å². The Kier molecular flexibility index (Phi) is 5.72. The van der Waals surface area contributed by atoms with Gasteiger partial charge in [0, 0.05) is 30.4 Å². The summed E-state index contributed by atoms with van der Waals surface area (Å²) in [5.74, 6) is 0. The third-order valence-electron chi connectivity index (χ3n) is 3.59. The first kappa shape index (κ1) is 17.0. The van der Waals surface area contributed by atoms with E-state index in [9.17, 15) is 18.4 Å². The molecule has 23 heavy (non-hydrogen) atoms. The SMILES string of the molecule is COC(=O)N1CCCC(NC(=O)Nc2cccc(C(F)F)c2)C1. The van der Waals surface area contributed by atoms with Crippen LogP contribution in [0.2, 0.25) is 0 Å². The van der Waals surface area contributed by atoms with Gasteiger partial charge < -0.3 is 20.3 Å². The molecule has 1 atom stereocenters. The van der Waals surface area contributed by atoms with Gasteiger partial charge in [0.05, 0.1) is 7.11 Å². The van der Waals surface area contributed by atoms with E-state index < -0.39 is 18.5 Å². The summed E-state index contributed by atoms with van der Waals surface area (Å²) in [6, 6.07) is 4.81. The van der Waals surface area contributed by atoms with Crippen molar-refractivity contribution >= 4 is 17.8 Å². The Labute approximate surface area is 132 Å². The Balaban J connectivity index is 1.89. The number of hydrogen-bond donors (Lipinski definition) is 2. The van der Waals surface area contributed by atoms with Crippen molar-refractivity contribution in [3.8, 4) is 0 Å². The molecular formula is C15H19F2N3O3. The molecule has 1 saturated heterocycles. The Morgan fingerprint density at radius 2 is 2.17 bits per heavy atom. The summed E-state index contributed by atoms with van der Waals surface area (Å²) < 4.78 is 29.9. The van der Waals surface area contributed by atoms with Gasteiger partial charge in [0.1, 0.15) is 0 Å². The number of benzene rings is 1. The van der Waals surface area contributed by atoms with Crippen molar-refractivity contribution < 1.29 is 23.1 Å². The number of halogens is 2. The molecule has 1 unspecified atom stereocenters. The van der Waals surface area contributed by atoms with Gasteiger partial charge in [0.25, 0.3) is 6.43 Å². The first-order valence-corrected chi connectivity index (χ1v) is 7.28. The first-order valence-electron chi connectivity index (χ1n) is 7.28. The molecule has 1 fully saturated rings. The molecule has 0 bridgehead atoms. The number of nitrogens with one attached hydrogen (secondary N) is 2. The Morgan fingerprint density at radius 1 is 1.39 bits per heavy atom. The summed E-state index contributed by atoms with van der Waals surface area (Å²) >= 11 is 0. The van der Waals surface area contributed by atoms with Crippen LogP contribution in [-0.2, 0) is 4.74 Å². The zero-order valence-corrected chi connectivity index (χ0v) is 12.7. The fourth-order valence-corrected chi connectivity index (χ4v) is 2.49. The number of hydrogen-bond acceptors (Lipinski definition) is 3. The van der Waals surface area contributed by atoms with Crippen LogP contribution in [0.3, 0.4) is 0 Å². The van der Waals surface area contributed by atoms with Crippen molar-refractivity contribution in [2.45, 2.75) is 25.3 Å². The molecule has 3 amide bonds. The molecule has 1 aromatic carbocycles. The van der Waals surface area contributed by atoms with Gasteiger partial charge in [-0.3, -0.25) is 0 Å². The number of rotatable bonds is 3. The average Bonchev–Trinajstić information content (AvgIpc) is 2.54. The summed E-state index contributed by atoms with van der Waals surface area (Å²) in [5.41, 5.74) is 0.137. The topological polar surface area (TPSA) is 70.7 Å². The highest BCUT2D eigenvalue weighted by Crippen LogP contribution is 2.21. The fourth-order valence-electron chi connectivity index (χ4n) is 2.49. The van der Waals surface area contributed by atoms with Crippen LogP contribution in [0.1, 0.15) is 24.8 Å². The van der Waals surface area contributed by atoms with Crippen molar-refractivity contribution in [2.24, 2.45) is 0 Å². The van der Waals surface area contributed by atoms with Crippen LogP contribution in [0.5, 0.6) is 0 Å². The van der Waals surface area contributed by atoms with Crippen LogP contribution in [0.4, 0.5) is 24.1 Å². The van der Waals surface area contributed by atoms with Crippen molar-refractivity contribution in [3.63, 3.8) is 0 Å². The minimum absolute atomic E-state index is 0.155. The van der Waals surface area contributed by atoms with E-state index >= 15 is 0 Å². The molecule has 1 aliphatic rings. The third kappa shape index (κ3) is 4.80. The first-order chi connectivity index (χ1) is 11.0. The Hall–Kier alpha value is -2.38. The number of urea groups is 1. The van der Waals surface area contributed by atoms with Crippen LogP contribution >= 0.6 is 0 Å². The third-order valence-corrected chi connectivity index (χ3v) is 3.59. The number of ether oxygens (including phenoxy) is 1. The predicted octanol–water partition coefficient (Wildman–Crippen LogP) is 2.98. The van der Waals surface area contributed by atoms with Crippen LogP contribution < -0.4 is 10.6 Å². The number of amides is 3. The second-order valence-corrected chi connectivity index (χ2v) is 5.28. The van der Waals surface area contributed by atoms with E-state index in [1.165, 1.54) is 36.3 Å². The van der Waals surface area contributed by atoms with E-state index in [1.807, 2.05) is 0 Å². The average molecular weight is 327 g/mol. The molecule has 0 saturated carbocycles. The van der Waals surface area contributed by atoms with Gasteiger partial charge in [-0.2, -0.15) is 0 Å². The summed E-state index contributed by atoms with van der Waals surface area (Å²) in [4.78, 5) is 25.0. The van der Waals surface area contributed by atoms with E-state index in [-0.39, 0.29) is 11.6 Å². The zero-order valence-electron chi connectivity index (χ0n) is 12.7. The maximum Gasteiger partial charge on any atom is 0.409 e. The summed E-state index contributed by atoms with van der Waals surface area (Å²) in [6.07, 6.45) is -1.54.